The summed E-state index contributed by atoms with van der Waals surface area (Å²) >= 11 is 0. The second kappa shape index (κ2) is 12.0. The average Bonchev–Trinajstić information content (AvgIpc) is 3.42. The van der Waals surface area contributed by atoms with Crippen molar-refractivity contribution in [1.29, 1.82) is 0 Å². The van der Waals surface area contributed by atoms with Crippen molar-refractivity contribution < 1.29 is 0 Å². The molecule has 0 spiro atoms. The molecule has 7 rings (SSSR count). The topological polar surface area (TPSA) is 30.7 Å². The van der Waals surface area contributed by atoms with Gasteiger partial charge in [-0.1, -0.05) is 122 Å². The zero-order valence-corrected chi connectivity index (χ0v) is 25.0. The molecule has 2 heterocycles. The number of benzene rings is 5. The monoisotopic (exact) mass is 567 g/mol. The van der Waals surface area contributed by atoms with Gasteiger partial charge in [0.1, 0.15) is 0 Å². The number of para-hydroxylation sites is 1. The summed E-state index contributed by atoms with van der Waals surface area (Å²) < 4.78 is 2.38. The van der Waals surface area contributed by atoms with E-state index in [1.165, 1.54) is 22.2 Å². The van der Waals surface area contributed by atoms with Crippen molar-refractivity contribution in [2.45, 2.75) is 20.3 Å². The van der Waals surface area contributed by atoms with Crippen molar-refractivity contribution in [2.24, 2.45) is 0 Å². The molecule has 212 valence electrons. The number of hydrogen-bond acceptors (Lipinski definition) is 2. The molecule has 44 heavy (non-hydrogen) atoms. The Morgan fingerprint density at radius 1 is 0.568 bits per heavy atom. The summed E-state index contributed by atoms with van der Waals surface area (Å²) in [5, 5.41) is 1.31. The Hall–Kier alpha value is -5.54. The number of aromatic nitrogens is 3. The summed E-state index contributed by atoms with van der Waals surface area (Å²) in [5.74, 6) is 0.721. The number of nitrogens with zero attached hydrogens (tertiary/aromatic N) is 3. The third kappa shape index (κ3) is 5.14. The van der Waals surface area contributed by atoms with E-state index in [-0.39, 0.29) is 0 Å². The summed E-state index contributed by atoms with van der Waals surface area (Å²) in [6.45, 7) is 4.32. The van der Waals surface area contributed by atoms with Gasteiger partial charge >= 0.3 is 0 Å². The summed E-state index contributed by atoms with van der Waals surface area (Å²) in [5.41, 5.74) is 12.3. The van der Waals surface area contributed by atoms with Crippen LogP contribution in [0.1, 0.15) is 25.1 Å². The smallest absolute Gasteiger partial charge is 0.160 e. The van der Waals surface area contributed by atoms with Crippen LogP contribution in [0.5, 0.6) is 0 Å². The fourth-order valence-corrected chi connectivity index (χ4v) is 6.04. The molecule has 0 unspecified atom stereocenters. The molecule has 5 aromatic carbocycles. The van der Waals surface area contributed by atoms with Crippen molar-refractivity contribution in [2.75, 3.05) is 0 Å². The van der Waals surface area contributed by atoms with Gasteiger partial charge in [0.25, 0.3) is 0 Å². The van der Waals surface area contributed by atoms with Gasteiger partial charge in [0.2, 0.25) is 0 Å². The molecule has 0 aliphatic carbocycles. The highest BCUT2D eigenvalue weighted by Crippen LogP contribution is 2.33. The van der Waals surface area contributed by atoms with Gasteiger partial charge in [-0.2, -0.15) is 0 Å². The van der Waals surface area contributed by atoms with Gasteiger partial charge in [-0.25, -0.2) is 9.97 Å². The van der Waals surface area contributed by atoms with Crippen molar-refractivity contribution in [3.63, 3.8) is 0 Å². The van der Waals surface area contributed by atoms with Crippen molar-refractivity contribution in [3.8, 4) is 50.7 Å². The van der Waals surface area contributed by atoms with E-state index in [2.05, 4.69) is 134 Å². The second-order valence-electron chi connectivity index (χ2n) is 10.9. The van der Waals surface area contributed by atoms with Crippen molar-refractivity contribution >= 4 is 17.0 Å². The first-order valence-electron chi connectivity index (χ1n) is 15.2. The maximum absolute atomic E-state index is 5.03. The van der Waals surface area contributed by atoms with Crippen LogP contribution in [0.2, 0.25) is 0 Å². The van der Waals surface area contributed by atoms with Crippen LogP contribution in [-0.4, -0.2) is 14.5 Å². The number of rotatable bonds is 7. The van der Waals surface area contributed by atoms with Gasteiger partial charge in [0.15, 0.2) is 5.82 Å². The number of allylic oxidation sites excluding steroid dienone is 1. The fraction of sp³-hybridized carbons (Fsp3) is 0.0732. The van der Waals surface area contributed by atoms with E-state index in [0.717, 1.165) is 57.1 Å². The Labute approximate surface area is 258 Å². The first-order valence-corrected chi connectivity index (χ1v) is 15.2. The molecule has 3 nitrogen and oxygen atoms in total. The van der Waals surface area contributed by atoms with E-state index in [1.54, 1.807) is 0 Å². The van der Waals surface area contributed by atoms with Crippen LogP contribution >= 0.6 is 0 Å². The van der Waals surface area contributed by atoms with Gasteiger partial charge in [-0.15, -0.1) is 0 Å². The number of hydrogen-bond donors (Lipinski definition) is 0. The predicted octanol–water partition coefficient (Wildman–Crippen LogP) is 10.7. The van der Waals surface area contributed by atoms with Crippen molar-refractivity contribution in [1.82, 2.24) is 14.5 Å². The van der Waals surface area contributed by atoms with Crippen molar-refractivity contribution in [3.05, 3.63) is 157 Å². The van der Waals surface area contributed by atoms with Crippen LogP contribution in [-0.2, 0) is 6.42 Å². The molecule has 0 amide bonds. The third-order valence-corrected chi connectivity index (χ3v) is 8.14. The first kappa shape index (κ1) is 27.3. The van der Waals surface area contributed by atoms with E-state index in [4.69, 9.17) is 9.97 Å². The van der Waals surface area contributed by atoms with Gasteiger partial charge < -0.3 is 4.57 Å². The molecule has 0 N–H and O–H groups in total. The third-order valence-electron chi connectivity index (χ3n) is 8.14. The Morgan fingerprint density at radius 3 is 1.89 bits per heavy atom. The average molecular weight is 568 g/mol. The summed E-state index contributed by atoms with van der Waals surface area (Å²) in [7, 11) is 0. The molecular formula is C41H33N3. The molecule has 7 aromatic rings. The molecule has 0 aliphatic rings. The molecule has 2 aromatic heterocycles. The minimum absolute atomic E-state index is 0.721. The largest absolute Gasteiger partial charge is 0.310 e. The zero-order valence-electron chi connectivity index (χ0n) is 25.0. The highest BCUT2D eigenvalue weighted by Gasteiger charge is 2.16. The normalized spacial score (nSPS) is 11.4. The maximum atomic E-state index is 5.03. The van der Waals surface area contributed by atoms with Gasteiger partial charge in [0, 0.05) is 33.5 Å². The Bertz CT molecular complexity index is 2030. The van der Waals surface area contributed by atoms with Crippen LogP contribution in [0.3, 0.4) is 0 Å². The van der Waals surface area contributed by atoms with E-state index in [0.29, 0.717) is 0 Å². The lowest BCUT2D eigenvalue weighted by Gasteiger charge is -2.12. The highest BCUT2D eigenvalue weighted by atomic mass is 15.0. The molecule has 0 saturated carbocycles. The lowest BCUT2D eigenvalue weighted by Crippen LogP contribution is -1.98. The van der Waals surface area contributed by atoms with E-state index < -0.39 is 0 Å². The summed E-state index contributed by atoms with van der Waals surface area (Å²) in [4.78, 5) is 9.98. The first-order chi connectivity index (χ1) is 21.7. The molecule has 3 heteroatoms. The Kier molecular flexibility index (Phi) is 7.44. The van der Waals surface area contributed by atoms with Gasteiger partial charge in [-0.05, 0) is 66.4 Å². The molecule has 0 fully saturated rings. The maximum Gasteiger partial charge on any atom is 0.160 e. The van der Waals surface area contributed by atoms with Crippen LogP contribution < -0.4 is 0 Å². The van der Waals surface area contributed by atoms with Crippen LogP contribution in [0.4, 0.5) is 0 Å². The van der Waals surface area contributed by atoms with E-state index >= 15 is 0 Å². The molecule has 0 saturated heterocycles. The lowest BCUT2D eigenvalue weighted by molar-refractivity contribution is 1.06. The second-order valence-corrected chi connectivity index (χ2v) is 10.9. The predicted molar refractivity (Wildman–Crippen MR) is 185 cm³/mol. The molecule has 0 radical (unpaired) electrons. The lowest BCUT2D eigenvalue weighted by atomic mass is 10.00. The minimum atomic E-state index is 0.721. The van der Waals surface area contributed by atoms with Crippen LogP contribution in [0.15, 0.2) is 146 Å². The molecular weight excluding hydrogens is 534 g/mol. The van der Waals surface area contributed by atoms with Gasteiger partial charge in [0.05, 0.1) is 16.9 Å². The number of aryl methyl sites for hydroxylation is 1. The quantitative estimate of drug-likeness (QED) is 0.192. The fourth-order valence-electron chi connectivity index (χ4n) is 6.04. The molecule has 0 aliphatic heterocycles. The summed E-state index contributed by atoms with van der Waals surface area (Å²) in [6, 6.07) is 48.8. The Morgan fingerprint density at radius 2 is 1.18 bits per heavy atom. The highest BCUT2D eigenvalue weighted by molar-refractivity contribution is 5.90. The SMILES string of the molecule is CC=Cc1c(CC)c2ccccc2n1-c1ccc(-c2cccc(-c3cc(-c4ccccc4)nc(-c4ccccc4)n3)c2)cc1. The zero-order chi connectivity index (χ0) is 29.9. The molecule has 0 atom stereocenters. The van der Waals surface area contributed by atoms with Crippen LogP contribution in [0.25, 0.3) is 67.7 Å². The van der Waals surface area contributed by atoms with E-state index in [9.17, 15) is 0 Å². The number of fused-ring (bicyclic) bond motifs is 1. The minimum Gasteiger partial charge on any atom is -0.310 e. The van der Waals surface area contributed by atoms with Gasteiger partial charge in [-0.3, -0.25) is 0 Å². The van der Waals surface area contributed by atoms with E-state index in [1.807, 2.05) is 36.4 Å². The summed E-state index contributed by atoms with van der Waals surface area (Å²) in [6.07, 6.45) is 5.34. The van der Waals surface area contributed by atoms with Crippen LogP contribution in [0, 0.1) is 0 Å². The standard InChI is InChI=1S/C41H33N3/c1-3-14-39-35(4-2)36-21-11-12-22-40(36)44(39)34-25-23-29(24-26-34)32-19-13-20-33(27-32)38-28-37(30-15-7-5-8-16-30)42-41(43-38)31-17-9-6-10-18-31/h3,5-28H,4H2,1-2H3. The Balaban J connectivity index is 1.29. The molecule has 0 bridgehead atoms.